The SMILES string of the molecule is C1CCC2(CC1)N=C1CCCC[C@H]1S2. The van der Waals surface area contributed by atoms with E-state index in [2.05, 4.69) is 11.8 Å². The Kier molecular flexibility index (Phi) is 2.35. The highest BCUT2D eigenvalue weighted by Gasteiger charge is 2.42. The molecule has 1 atom stereocenters. The molecule has 0 saturated heterocycles. The van der Waals surface area contributed by atoms with Gasteiger partial charge in [0.15, 0.2) is 0 Å². The van der Waals surface area contributed by atoms with E-state index in [9.17, 15) is 0 Å². The van der Waals surface area contributed by atoms with E-state index in [0.29, 0.717) is 4.87 Å². The van der Waals surface area contributed by atoms with Gasteiger partial charge in [-0.3, -0.25) is 4.99 Å². The first kappa shape index (κ1) is 9.26. The van der Waals surface area contributed by atoms with Crippen molar-refractivity contribution in [2.45, 2.75) is 67.9 Å². The summed E-state index contributed by atoms with van der Waals surface area (Å²) in [7, 11) is 0. The lowest BCUT2D eigenvalue weighted by molar-refractivity contribution is 0.412. The summed E-state index contributed by atoms with van der Waals surface area (Å²) in [6.07, 6.45) is 12.5. The minimum atomic E-state index is 0.364. The van der Waals surface area contributed by atoms with Gasteiger partial charge in [-0.1, -0.05) is 25.7 Å². The van der Waals surface area contributed by atoms with Gasteiger partial charge in [-0.05, 0) is 32.1 Å². The van der Waals surface area contributed by atoms with Crippen molar-refractivity contribution >= 4 is 17.5 Å². The third-order valence-corrected chi connectivity index (χ3v) is 5.60. The smallest absolute Gasteiger partial charge is 0.106 e. The van der Waals surface area contributed by atoms with E-state index >= 15 is 0 Å². The molecular weight excluding hydrogens is 190 g/mol. The second-order valence-electron chi connectivity index (χ2n) is 4.96. The largest absolute Gasteiger partial charge is 0.275 e. The highest BCUT2D eigenvalue weighted by Crippen LogP contribution is 2.50. The Bertz CT molecular complexity index is 253. The fourth-order valence-electron chi connectivity index (χ4n) is 3.11. The van der Waals surface area contributed by atoms with E-state index in [1.807, 2.05) is 0 Å². The topological polar surface area (TPSA) is 12.4 Å². The molecule has 1 heterocycles. The van der Waals surface area contributed by atoms with Crippen molar-refractivity contribution in [3.8, 4) is 0 Å². The molecule has 0 aromatic heterocycles. The third kappa shape index (κ3) is 1.52. The first-order chi connectivity index (χ1) is 6.88. The van der Waals surface area contributed by atoms with Crippen LogP contribution in [0.25, 0.3) is 0 Å². The second-order valence-corrected chi connectivity index (χ2v) is 6.53. The van der Waals surface area contributed by atoms with Crippen LogP contribution in [0.5, 0.6) is 0 Å². The monoisotopic (exact) mass is 209 g/mol. The molecule has 3 aliphatic rings. The van der Waals surface area contributed by atoms with E-state index in [-0.39, 0.29) is 0 Å². The molecule has 0 aromatic carbocycles. The van der Waals surface area contributed by atoms with Crippen molar-refractivity contribution < 1.29 is 0 Å². The zero-order valence-electron chi connectivity index (χ0n) is 8.80. The molecule has 1 aliphatic heterocycles. The number of thioether (sulfide) groups is 1. The van der Waals surface area contributed by atoms with Crippen molar-refractivity contribution in [3.63, 3.8) is 0 Å². The lowest BCUT2D eigenvalue weighted by atomic mass is 9.94. The number of fused-ring (bicyclic) bond motifs is 1. The number of hydrogen-bond donors (Lipinski definition) is 0. The molecule has 0 bridgehead atoms. The molecule has 2 aliphatic carbocycles. The van der Waals surface area contributed by atoms with Gasteiger partial charge in [0.25, 0.3) is 0 Å². The van der Waals surface area contributed by atoms with Crippen molar-refractivity contribution in [3.05, 3.63) is 0 Å². The minimum Gasteiger partial charge on any atom is -0.275 e. The van der Waals surface area contributed by atoms with Crippen LogP contribution in [0, 0.1) is 0 Å². The van der Waals surface area contributed by atoms with E-state index in [1.165, 1.54) is 57.8 Å². The van der Waals surface area contributed by atoms with Gasteiger partial charge in [-0.2, -0.15) is 0 Å². The van der Waals surface area contributed by atoms with Crippen LogP contribution in [0.1, 0.15) is 57.8 Å². The summed E-state index contributed by atoms with van der Waals surface area (Å²) in [5.41, 5.74) is 1.57. The predicted molar refractivity (Wildman–Crippen MR) is 63.1 cm³/mol. The zero-order chi connectivity index (χ0) is 9.43. The van der Waals surface area contributed by atoms with Crippen LogP contribution in [0.4, 0.5) is 0 Å². The second kappa shape index (κ2) is 3.55. The summed E-state index contributed by atoms with van der Waals surface area (Å²) < 4.78 is 0. The number of hydrogen-bond acceptors (Lipinski definition) is 2. The van der Waals surface area contributed by atoms with Crippen LogP contribution >= 0.6 is 11.8 Å². The van der Waals surface area contributed by atoms with Gasteiger partial charge in [0, 0.05) is 11.0 Å². The van der Waals surface area contributed by atoms with Crippen molar-refractivity contribution in [2.75, 3.05) is 0 Å². The van der Waals surface area contributed by atoms with Gasteiger partial charge in [-0.15, -0.1) is 11.8 Å². The average molecular weight is 209 g/mol. The van der Waals surface area contributed by atoms with Gasteiger partial charge in [0.05, 0.1) is 0 Å². The van der Waals surface area contributed by atoms with Gasteiger partial charge in [0.2, 0.25) is 0 Å². The highest BCUT2D eigenvalue weighted by molar-refractivity contribution is 8.02. The molecule has 0 unspecified atom stereocenters. The molecule has 2 saturated carbocycles. The van der Waals surface area contributed by atoms with E-state index in [1.54, 1.807) is 5.71 Å². The first-order valence-electron chi connectivity index (χ1n) is 6.14. The summed E-state index contributed by atoms with van der Waals surface area (Å²) in [5.74, 6) is 0. The van der Waals surface area contributed by atoms with Crippen LogP contribution < -0.4 is 0 Å². The number of rotatable bonds is 0. The molecule has 78 valence electrons. The average Bonchev–Trinajstić information content (AvgIpc) is 2.56. The quantitative estimate of drug-likeness (QED) is 0.591. The predicted octanol–water partition coefficient (Wildman–Crippen LogP) is 3.78. The normalized spacial score (nSPS) is 35.4. The van der Waals surface area contributed by atoms with Crippen LogP contribution in [0.2, 0.25) is 0 Å². The Labute approximate surface area is 90.8 Å². The molecule has 0 N–H and O–H groups in total. The third-order valence-electron chi connectivity index (χ3n) is 3.86. The summed E-state index contributed by atoms with van der Waals surface area (Å²) in [5, 5.41) is 0.821. The Morgan fingerprint density at radius 1 is 1.07 bits per heavy atom. The lowest BCUT2D eigenvalue weighted by Gasteiger charge is -2.30. The van der Waals surface area contributed by atoms with Gasteiger partial charge >= 0.3 is 0 Å². The van der Waals surface area contributed by atoms with Gasteiger partial charge < -0.3 is 0 Å². The molecular formula is C12H19NS. The summed E-state index contributed by atoms with van der Waals surface area (Å²) in [4.78, 5) is 5.44. The van der Waals surface area contributed by atoms with Gasteiger partial charge in [-0.25, -0.2) is 0 Å². The molecule has 1 nitrogen and oxygen atoms in total. The number of aliphatic imine (C=N–C) groups is 1. The molecule has 3 rings (SSSR count). The standard InChI is InChI=1S/C12H19NS/c1-4-8-12(9-5-1)13-10-6-2-3-7-11(10)14-12/h11H,1-9H2/t11-/m1/s1. The first-order valence-corrected chi connectivity index (χ1v) is 7.02. The molecule has 1 spiro atoms. The summed E-state index contributed by atoms with van der Waals surface area (Å²) in [6.45, 7) is 0. The van der Waals surface area contributed by atoms with Crippen LogP contribution in [-0.4, -0.2) is 15.8 Å². The Hall–Kier alpha value is 0.0200. The molecule has 14 heavy (non-hydrogen) atoms. The van der Waals surface area contributed by atoms with Crippen LogP contribution in [-0.2, 0) is 0 Å². The van der Waals surface area contributed by atoms with Gasteiger partial charge in [0.1, 0.15) is 4.87 Å². The van der Waals surface area contributed by atoms with Crippen molar-refractivity contribution in [1.82, 2.24) is 0 Å². The van der Waals surface area contributed by atoms with Crippen LogP contribution in [0.15, 0.2) is 4.99 Å². The number of nitrogens with zero attached hydrogens (tertiary/aromatic N) is 1. The molecule has 2 heteroatoms. The maximum atomic E-state index is 5.08. The summed E-state index contributed by atoms with van der Waals surface area (Å²) in [6, 6.07) is 0. The van der Waals surface area contributed by atoms with E-state index < -0.39 is 0 Å². The molecule has 2 fully saturated rings. The Morgan fingerprint density at radius 2 is 1.93 bits per heavy atom. The molecule has 0 radical (unpaired) electrons. The Balaban J connectivity index is 1.80. The maximum absolute atomic E-state index is 5.08. The molecule has 0 aromatic rings. The van der Waals surface area contributed by atoms with E-state index in [4.69, 9.17) is 4.99 Å². The molecule has 0 amide bonds. The minimum absolute atomic E-state index is 0.364. The van der Waals surface area contributed by atoms with E-state index in [0.717, 1.165) is 5.25 Å². The van der Waals surface area contributed by atoms with Crippen molar-refractivity contribution in [2.24, 2.45) is 4.99 Å². The fraction of sp³-hybridized carbons (Fsp3) is 0.917. The Morgan fingerprint density at radius 3 is 2.71 bits per heavy atom. The fourth-order valence-corrected chi connectivity index (χ4v) is 4.92. The van der Waals surface area contributed by atoms with Crippen LogP contribution in [0.3, 0.4) is 0 Å². The maximum Gasteiger partial charge on any atom is 0.106 e. The van der Waals surface area contributed by atoms with Crippen molar-refractivity contribution in [1.29, 1.82) is 0 Å². The highest BCUT2D eigenvalue weighted by atomic mass is 32.2. The zero-order valence-corrected chi connectivity index (χ0v) is 9.61. The lowest BCUT2D eigenvalue weighted by Crippen LogP contribution is -2.23. The summed E-state index contributed by atoms with van der Waals surface area (Å²) >= 11 is 2.21.